The van der Waals surface area contributed by atoms with Gasteiger partial charge in [-0.05, 0) is 41.3 Å². The number of fused-ring (bicyclic) bond motifs is 1. The first-order valence-electron chi connectivity index (χ1n) is 8.68. The highest BCUT2D eigenvalue weighted by molar-refractivity contribution is 5.90. The van der Waals surface area contributed by atoms with E-state index in [-0.39, 0.29) is 17.9 Å². The Kier molecular flexibility index (Phi) is 4.40. The standard InChI is InChI=1S/C22H19FN2O/c23-18-10-6-11-19(15-18)24-22(26)25-14-13-16-7-4-5-12-20(16)21(25)17-8-2-1-3-9-17/h1-12,15,21H,13-14H2,(H,24,26)/t21-/m0/s1. The molecule has 130 valence electrons. The maximum Gasteiger partial charge on any atom is 0.322 e. The van der Waals surface area contributed by atoms with Crippen LogP contribution >= 0.6 is 0 Å². The van der Waals surface area contributed by atoms with Gasteiger partial charge in [0.15, 0.2) is 0 Å². The average Bonchev–Trinajstić information content (AvgIpc) is 2.67. The van der Waals surface area contributed by atoms with Crippen LogP contribution in [0.4, 0.5) is 14.9 Å². The molecule has 3 aromatic rings. The van der Waals surface area contributed by atoms with E-state index in [1.165, 1.54) is 17.7 Å². The zero-order valence-corrected chi connectivity index (χ0v) is 14.2. The fourth-order valence-electron chi connectivity index (χ4n) is 3.54. The number of nitrogens with one attached hydrogen (secondary N) is 1. The Morgan fingerprint density at radius 2 is 1.73 bits per heavy atom. The molecular formula is C22H19FN2O. The van der Waals surface area contributed by atoms with Gasteiger partial charge in [0.1, 0.15) is 5.82 Å². The maximum absolute atomic E-state index is 13.4. The van der Waals surface area contributed by atoms with Crippen LogP contribution in [0.5, 0.6) is 0 Å². The summed E-state index contributed by atoms with van der Waals surface area (Å²) >= 11 is 0. The molecule has 0 unspecified atom stereocenters. The van der Waals surface area contributed by atoms with Gasteiger partial charge in [0.25, 0.3) is 0 Å². The number of benzene rings is 3. The Hall–Kier alpha value is -3.14. The summed E-state index contributed by atoms with van der Waals surface area (Å²) in [7, 11) is 0. The predicted octanol–water partition coefficient (Wildman–Crippen LogP) is 5.01. The number of urea groups is 1. The van der Waals surface area contributed by atoms with Gasteiger partial charge in [-0.3, -0.25) is 0 Å². The van der Waals surface area contributed by atoms with Gasteiger partial charge < -0.3 is 10.2 Å². The minimum atomic E-state index is -0.369. The summed E-state index contributed by atoms with van der Waals surface area (Å²) in [5.74, 6) is -0.369. The minimum absolute atomic E-state index is 0.158. The van der Waals surface area contributed by atoms with Crippen molar-refractivity contribution in [1.29, 1.82) is 0 Å². The Morgan fingerprint density at radius 1 is 0.962 bits per heavy atom. The van der Waals surface area contributed by atoms with Crippen molar-refractivity contribution in [2.75, 3.05) is 11.9 Å². The third-order valence-electron chi connectivity index (χ3n) is 4.74. The molecule has 0 spiro atoms. The number of carbonyl (C=O) groups is 1. The van der Waals surface area contributed by atoms with Crippen LogP contribution in [-0.4, -0.2) is 17.5 Å². The minimum Gasteiger partial charge on any atom is -0.313 e. The van der Waals surface area contributed by atoms with E-state index in [9.17, 15) is 9.18 Å². The molecule has 4 heteroatoms. The average molecular weight is 346 g/mol. The Balaban J connectivity index is 1.69. The number of hydrogen-bond acceptors (Lipinski definition) is 1. The molecule has 0 aliphatic carbocycles. The van der Waals surface area contributed by atoms with Crippen molar-refractivity contribution in [2.45, 2.75) is 12.5 Å². The van der Waals surface area contributed by atoms with Crippen LogP contribution in [0.1, 0.15) is 22.7 Å². The monoisotopic (exact) mass is 346 g/mol. The van der Waals surface area contributed by atoms with Gasteiger partial charge in [-0.1, -0.05) is 60.7 Å². The number of nitrogens with zero attached hydrogens (tertiary/aromatic N) is 1. The SMILES string of the molecule is O=C(Nc1cccc(F)c1)N1CCc2ccccc2[C@@H]1c1ccccc1. The van der Waals surface area contributed by atoms with Crippen molar-refractivity contribution in [2.24, 2.45) is 0 Å². The summed E-state index contributed by atoms with van der Waals surface area (Å²) in [6.45, 7) is 0.609. The van der Waals surface area contributed by atoms with E-state index in [4.69, 9.17) is 0 Å². The van der Waals surface area contributed by atoms with Crippen molar-refractivity contribution in [3.8, 4) is 0 Å². The molecule has 1 atom stereocenters. The first kappa shape index (κ1) is 16.3. The lowest BCUT2D eigenvalue weighted by molar-refractivity contribution is 0.194. The lowest BCUT2D eigenvalue weighted by atomic mass is 9.88. The second-order valence-electron chi connectivity index (χ2n) is 6.40. The van der Waals surface area contributed by atoms with Crippen molar-refractivity contribution in [3.63, 3.8) is 0 Å². The van der Waals surface area contributed by atoms with E-state index in [0.29, 0.717) is 12.2 Å². The summed E-state index contributed by atoms with van der Waals surface area (Å²) in [4.78, 5) is 14.8. The third-order valence-corrected chi connectivity index (χ3v) is 4.74. The fourth-order valence-corrected chi connectivity index (χ4v) is 3.54. The Labute approximate surface area is 152 Å². The molecule has 1 aliphatic rings. The highest BCUT2D eigenvalue weighted by Crippen LogP contribution is 2.35. The molecule has 26 heavy (non-hydrogen) atoms. The smallest absolute Gasteiger partial charge is 0.313 e. The summed E-state index contributed by atoms with van der Waals surface area (Å²) in [6, 6.07) is 23.8. The molecule has 1 heterocycles. The fraction of sp³-hybridized carbons (Fsp3) is 0.136. The summed E-state index contributed by atoms with van der Waals surface area (Å²) in [5, 5.41) is 2.83. The largest absolute Gasteiger partial charge is 0.322 e. The van der Waals surface area contributed by atoms with Crippen LogP contribution in [0.15, 0.2) is 78.9 Å². The number of anilines is 1. The first-order chi connectivity index (χ1) is 12.7. The first-order valence-corrected chi connectivity index (χ1v) is 8.68. The summed E-state index contributed by atoms with van der Waals surface area (Å²) in [6.07, 6.45) is 0.802. The lowest BCUT2D eigenvalue weighted by Gasteiger charge is -2.37. The molecule has 3 aromatic carbocycles. The third kappa shape index (κ3) is 3.18. The predicted molar refractivity (Wildman–Crippen MR) is 101 cm³/mol. The van der Waals surface area contributed by atoms with Gasteiger partial charge >= 0.3 is 6.03 Å². The van der Waals surface area contributed by atoms with E-state index in [1.54, 1.807) is 12.1 Å². The normalized spacial score (nSPS) is 16.0. The van der Waals surface area contributed by atoms with Gasteiger partial charge in [0.2, 0.25) is 0 Å². The summed E-state index contributed by atoms with van der Waals surface area (Å²) in [5.41, 5.74) is 3.92. The molecule has 0 fully saturated rings. The lowest BCUT2D eigenvalue weighted by Crippen LogP contribution is -2.43. The highest BCUT2D eigenvalue weighted by Gasteiger charge is 2.31. The number of rotatable bonds is 2. The van der Waals surface area contributed by atoms with E-state index in [1.807, 2.05) is 47.4 Å². The van der Waals surface area contributed by atoms with Crippen molar-refractivity contribution >= 4 is 11.7 Å². The molecular weight excluding hydrogens is 327 g/mol. The number of hydrogen-bond donors (Lipinski definition) is 1. The van der Waals surface area contributed by atoms with Gasteiger partial charge in [-0.15, -0.1) is 0 Å². The number of halogens is 1. The van der Waals surface area contributed by atoms with E-state index >= 15 is 0 Å². The van der Waals surface area contributed by atoms with Crippen molar-refractivity contribution in [3.05, 3.63) is 101 Å². The van der Waals surface area contributed by atoms with Gasteiger partial charge in [-0.2, -0.15) is 0 Å². The van der Waals surface area contributed by atoms with Crippen LogP contribution in [0.3, 0.4) is 0 Å². The summed E-state index contributed by atoms with van der Waals surface area (Å²) < 4.78 is 13.4. The van der Waals surface area contributed by atoms with E-state index < -0.39 is 0 Å². The molecule has 0 bridgehead atoms. The maximum atomic E-state index is 13.4. The number of carbonyl (C=O) groups excluding carboxylic acids is 1. The van der Waals surface area contributed by atoms with E-state index in [2.05, 4.69) is 17.4 Å². The zero-order valence-electron chi connectivity index (χ0n) is 14.2. The molecule has 0 radical (unpaired) electrons. The second kappa shape index (κ2) is 7.00. The van der Waals surface area contributed by atoms with Crippen LogP contribution in [0, 0.1) is 5.82 Å². The van der Waals surface area contributed by atoms with Crippen LogP contribution in [0.25, 0.3) is 0 Å². The molecule has 0 saturated carbocycles. The Bertz CT molecular complexity index is 926. The molecule has 1 aliphatic heterocycles. The highest BCUT2D eigenvalue weighted by atomic mass is 19.1. The second-order valence-corrected chi connectivity index (χ2v) is 6.40. The van der Waals surface area contributed by atoms with Crippen LogP contribution in [-0.2, 0) is 6.42 Å². The number of amides is 2. The van der Waals surface area contributed by atoms with Gasteiger partial charge in [0, 0.05) is 12.2 Å². The molecule has 3 nitrogen and oxygen atoms in total. The zero-order chi connectivity index (χ0) is 17.9. The quantitative estimate of drug-likeness (QED) is 0.695. The topological polar surface area (TPSA) is 32.3 Å². The Morgan fingerprint density at radius 3 is 2.54 bits per heavy atom. The van der Waals surface area contributed by atoms with Crippen molar-refractivity contribution in [1.82, 2.24) is 4.90 Å². The molecule has 2 amide bonds. The van der Waals surface area contributed by atoms with Gasteiger partial charge in [-0.25, -0.2) is 9.18 Å². The molecule has 4 rings (SSSR count). The van der Waals surface area contributed by atoms with Gasteiger partial charge in [0.05, 0.1) is 6.04 Å². The molecule has 0 saturated heterocycles. The van der Waals surface area contributed by atoms with E-state index in [0.717, 1.165) is 17.5 Å². The van der Waals surface area contributed by atoms with Crippen LogP contribution < -0.4 is 5.32 Å². The van der Waals surface area contributed by atoms with Crippen LogP contribution in [0.2, 0.25) is 0 Å². The van der Waals surface area contributed by atoms with Crippen molar-refractivity contribution < 1.29 is 9.18 Å². The molecule has 0 aromatic heterocycles. The molecule has 1 N–H and O–H groups in total.